The number of aryl methyl sites for hydroxylation is 2. The minimum Gasteiger partial charge on any atom is -0.314 e. The molecule has 1 aromatic rings. The van der Waals surface area contributed by atoms with Gasteiger partial charge in [-0.25, -0.2) is 0 Å². The fourth-order valence-corrected chi connectivity index (χ4v) is 2.48. The second kappa shape index (κ2) is 6.80. The van der Waals surface area contributed by atoms with Crippen LogP contribution >= 0.6 is 0 Å². The van der Waals surface area contributed by atoms with Crippen LogP contribution in [0.3, 0.4) is 0 Å². The maximum Gasteiger partial charge on any atom is 0.00931 e. The Morgan fingerprint density at radius 1 is 1.12 bits per heavy atom. The minimum absolute atomic E-state index is 0.638. The fraction of sp³-hybridized carbons (Fsp3) is 0.625. The van der Waals surface area contributed by atoms with Crippen LogP contribution in [0.25, 0.3) is 0 Å². The smallest absolute Gasteiger partial charge is 0.00931 e. The summed E-state index contributed by atoms with van der Waals surface area (Å²) in [5.74, 6) is 0.708. The molecule has 0 spiro atoms. The van der Waals surface area contributed by atoms with E-state index in [4.69, 9.17) is 0 Å². The highest BCUT2D eigenvalue weighted by molar-refractivity contribution is 5.33. The molecule has 1 nitrogen and oxygen atoms in total. The van der Waals surface area contributed by atoms with Crippen LogP contribution in [0.15, 0.2) is 18.2 Å². The van der Waals surface area contributed by atoms with Crippen LogP contribution in [0.5, 0.6) is 0 Å². The molecule has 1 unspecified atom stereocenters. The third-order valence-corrected chi connectivity index (χ3v) is 3.62. The zero-order chi connectivity index (χ0) is 12.8. The second-order valence-electron chi connectivity index (χ2n) is 5.32. The summed E-state index contributed by atoms with van der Waals surface area (Å²) in [6.07, 6.45) is 2.42. The van der Waals surface area contributed by atoms with Gasteiger partial charge in [0.2, 0.25) is 0 Å². The second-order valence-corrected chi connectivity index (χ2v) is 5.32. The minimum atomic E-state index is 0.638. The van der Waals surface area contributed by atoms with E-state index in [0.717, 1.165) is 6.54 Å². The van der Waals surface area contributed by atoms with Gasteiger partial charge < -0.3 is 5.32 Å². The highest BCUT2D eigenvalue weighted by Gasteiger charge is 2.12. The van der Waals surface area contributed by atoms with Gasteiger partial charge >= 0.3 is 0 Å². The average Bonchev–Trinajstić information content (AvgIpc) is 2.26. The van der Waals surface area contributed by atoms with Gasteiger partial charge in [-0.3, -0.25) is 0 Å². The Labute approximate surface area is 107 Å². The molecule has 0 saturated carbocycles. The Morgan fingerprint density at radius 2 is 1.71 bits per heavy atom. The van der Waals surface area contributed by atoms with Crippen LogP contribution in [0.4, 0.5) is 0 Å². The molecular weight excluding hydrogens is 206 g/mol. The molecule has 96 valence electrons. The van der Waals surface area contributed by atoms with E-state index in [1.165, 1.54) is 29.5 Å². The van der Waals surface area contributed by atoms with Crippen LogP contribution in [-0.4, -0.2) is 12.6 Å². The van der Waals surface area contributed by atoms with Gasteiger partial charge in [0, 0.05) is 6.04 Å². The van der Waals surface area contributed by atoms with Gasteiger partial charge in [0.05, 0.1) is 0 Å². The van der Waals surface area contributed by atoms with Gasteiger partial charge in [-0.1, -0.05) is 39.0 Å². The lowest BCUT2D eigenvalue weighted by Crippen LogP contribution is -2.34. The summed E-state index contributed by atoms with van der Waals surface area (Å²) >= 11 is 0. The Morgan fingerprint density at radius 3 is 2.18 bits per heavy atom. The molecule has 0 fully saturated rings. The molecule has 0 bridgehead atoms. The zero-order valence-electron chi connectivity index (χ0n) is 12.0. The van der Waals surface area contributed by atoms with Crippen molar-refractivity contribution in [2.24, 2.45) is 5.92 Å². The Balaban J connectivity index is 2.65. The summed E-state index contributed by atoms with van der Waals surface area (Å²) in [7, 11) is 0. The van der Waals surface area contributed by atoms with Crippen molar-refractivity contribution in [2.45, 2.75) is 53.5 Å². The molecule has 1 aromatic carbocycles. The quantitative estimate of drug-likeness (QED) is 0.786. The highest BCUT2D eigenvalue weighted by atomic mass is 14.9. The van der Waals surface area contributed by atoms with Gasteiger partial charge in [0.15, 0.2) is 0 Å². The van der Waals surface area contributed by atoms with E-state index in [1.807, 2.05) is 0 Å². The Bertz CT molecular complexity index is 321. The summed E-state index contributed by atoms with van der Waals surface area (Å²) in [6.45, 7) is 12.3. The van der Waals surface area contributed by atoms with Crippen LogP contribution in [-0.2, 0) is 6.42 Å². The molecule has 1 heteroatoms. The topological polar surface area (TPSA) is 12.0 Å². The van der Waals surface area contributed by atoms with E-state index in [9.17, 15) is 0 Å². The molecule has 0 aliphatic heterocycles. The molecule has 0 aliphatic carbocycles. The predicted octanol–water partition coefficient (Wildman–Crippen LogP) is 3.87. The van der Waals surface area contributed by atoms with Crippen molar-refractivity contribution in [3.8, 4) is 0 Å². The normalized spacial score (nSPS) is 13.1. The highest BCUT2D eigenvalue weighted by Crippen LogP contribution is 2.18. The number of hydrogen-bond donors (Lipinski definition) is 1. The maximum absolute atomic E-state index is 3.59. The third-order valence-electron chi connectivity index (χ3n) is 3.62. The number of hydrogen-bond acceptors (Lipinski definition) is 1. The van der Waals surface area contributed by atoms with Crippen molar-refractivity contribution in [1.29, 1.82) is 0 Å². The van der Waals surface area contributed by atoms with Crippen molar-refractivity contribution in [2.75, 3.05) is 6.54 Å². The van der Waals surface area contributed by atoms with E-state index in [1.54, 1.807) is 0 Å². The van der Waals surface area contributed by atoms with Crippen molar-refractivity contribution in [1.82, 2.24) is 5.32 Å². The van der Waals surface area contributed by atoms with Gasteiger partial charge in [-0.15, -0.1) is 0 Å². The van der Waals surface area contributed by atoms with Gasteiger partial charge in [-0.2, -0.15) is 0 Å². The van der Waals surface area contributed by atoms with E-state index in [2.05, 4.69) is 58.1 Å². The van der Waals surface area contributed by atoms with Gasteiger partial charge in [0.25, 0.3) is 0 Å². The zero-order valence-corrected chi connectivity index (χ0v) is 12.0. The third kappa shape index (κ3) is 4.16. The van der Waals surface area contributed by atoms with Crippen LogP contribution in [0, 0.1) is 19.8 Å². The van der Waals surface area contributed by atoms with Crippen molar-refractivity contribution < 1.29 is 0 Å². The summed E-state index contributed by atoms with van der Waals surface area (Å²) in [6, 6.07) is 7.23. The molecule has 1 rings (SSSR count). The van der Waals surface area contributed by atoms with E-state index in [-0.39, 0.29) is 0 Å². The largest absolute Gasteiger partial charge is 0.314 e. The van der Waals surface area contributed by atoms with Crippen LogP contribution in [0.1, 0.15) is 43.9 Å². The first-order valence-corrected chi connectivity index (χ1v) is 6.84. The average molecular weight is 233 g/mol. The van der Waals surface area contributed by atoms with Crippen molar-refractivity contribution in [3.05, 3.63) is 34.9 Å². The number of benzene rings is 1. The lowest BCUT2D eigenvalue weighted by Gasteiger charge is -2.22. The first-order valence-electron chi connectivity index (χ1n) is 6.84. The summed E-state index contributed by atoms with van der Waals surface area (Å²) in [5, 5.41) is 3.59. The Hall–Kier alpha value is -0.820. The molecule has 0 aliphatic rings. The molecule has 1 atom stereocenters. The standard InChI is InChI=1S/C16H27N/c1-6-17-16(12(2)3)11-10-15-13(4)8-7-9-14(15)5/h7-9,12,16-17H,6,10-11H2,1-5H3. The first kappa shape index (κ1) is 14.2. The SMILES string of the molecule is CCNC(CCc1c(C)cccc1C)C(C)C. The maximum atomic E-state index is 3.59. The predicted molar refractivity (Wildman–Crippen MR) is 76.5 cm³/mol. The summed E-state index contributed by atoms with van der Waals surface area (Å²) in [4.78, 5) is 0. The van der Waals surface area contributed by atoms with Crippen molar-refractivity contribution >= 4 is 0 Å². The van der Waals surface area contributed by atoms with E-state index < -0.39 is 0 Å². The molecule has 0 radical (unpaired) electrons. The van der Waals surface area contributed by atoms with Gasteiger partial charge in [-0.05, 0) is 55.8 Å². The number of nitrogens with one attached hydrogen (secondary N) is 1. The molecule has 1 N–H and O–H groups in total. The lowest BCUT2D eigenvalue weighted by atomic mass is 9.92. The first-order chi connectivity index (χ1) is 8.06. The lowest BCUT2D eigenvalue weighted by molar-refractivity contribution is 0.385. The molecular formula is C16H27N. The number of rotatable bonds is 6. The van der Waals surface area contributed by atoms with Crippen LogP contribution in [0.2, 0.25) is 0 Å². The molecule has 0 heterocycles. The van der Waals surface area contributed by atoms with Gasteiger partial charge in [0.1, 0.15) is 0 Å². The molecule has 0 aromatic heterocycles. The molecule has 0 saturated heterocycles. The molecule has 0 amide bonds. The summed E-state index contributed by atoms with van der Waals surface area (Å²) in [5.41, 5.74) is 4.41. The van der Waals surface area contributed by atoms with Crippen molar-refractivity contribution in [3.63, 3.8) is 0 Å². The molecule has 17 heavy (non-hydrogen) atoms. The van der Waals surface area contributed by atoms with E-state index in [0.29, 0.717) is 12.0 Å². The Kier molecular flexibility index (Phi) is 5.70. The monoisotopic (exact) mass is 233 g/mol. The summed E-state index contributed by atoms with van der Waals surface area (Å²) < 4.78 is 0. The van der Waals surface area contributed by atoms with E-state index >= 15 is 0 Å². The fourth-order valence-electron chi connectivity index (χ4n) is 2.48. The van der Waals surface area contributed by atoms with Crippen LogP contribution < -0.4 is 5.32 Å².